The minimum absolute atomic E-state index is 0.200. The number of benzene rings is 1. The van der Waals surface area contributed by atoms with E-state index in [0.29, 0.717) is 11.6 Å². The number of fused-ring (bicyclic) bond motifs is 1. The topological polar surface area (TPSA) is 67.0 Å². The van der Waals surface area contributed by atoms with E-state index in [0.717, 1.165) is 35.4 Å². The zero-order chi connectivity index (χ0) is 16.4. The maximum absolute atomic E-state index is 11.8. The van der Waals surface area contributed by atoms with Gasteiger partial charge in [0, 0.05) is 23.1 Å². The lowest BCUT2D eigenvalue weighted by Gasteiger charge is -2.24. The zero-order valence-electron chi connectivity index (χ0n) is 14.0. The molecule has 0 atom stereocenters. The lowest BCUT2D eigenvalue weighted by atomic mass is 9.87. The van der Waals surface area contributed by atoms with Crippen LogP contribution in [0.15, 0.2) is 27.4 Å². The Morgan fingerprint density at radius 2 is 1.91 bits per heavy atom. The van der Waals surface area contributed by atoms with E-state index in [1.807, 2.05) is 13.0 Å². The van der Waals surface area contributed by atoms with Crippen LogP contribution >= 0.6 is 0 Å². The van der Waals surface area contributed by atoms with Crippen molar-refractivity contribution in [2.24, 2.45) is 5.92 Å². The number of rotatable bonds is 4. The highest BCUT2D eigenvalue weighted by Crippen LogP contribution is 2.27. The SMILES string of the molecule is CCc1cc2c(C[NH2+]C3CCC(C)CC3)cc(=O)oc2cc1O. The van der Waals surface area contributed by atoms with Gasteiger partial charge in [-0.3, -0.25) is 0 Å². The van der Waals surface area contributed by atoms with Gasteiger partial charge in [0.2, 0.25) is 0 Å². The molecule has 124 valence electrons. The van der Waals surface area contributed by atoms with Gasteiger partial charge >= 0.3 is 5.63 Å². The fraction of sp³-hybridized carbons (Fsp3) is 0.526. The molecule has 3 N–H and O–H groups in total. The van der Waals surface area contributed by atoms with Gasteiger partial charge in [-0.1, -0.05) is 13.8 Å². The van der Waals surface area contributed by atoms with Crippen LogP contribution < -0.4 is 10.9 Å². The second-order valence-electron chi connectivity index (χ2n) is 6.88. The largest absolute Gasteiger partial charge is 0.508 e. The predicted octanol–water partition coefficient (Wildman–Crippen LogP) is 2.70. The molecule has 0 aliphatic heterocycles. The van der Waals surface area contributed by atoms with Gasteiger partial charge in [0.1, 0.15) is 17.9 Å². The first-order valence-electron chi connectivity index (χ1n) is 8.68. The van der Waals surface area contributed by atoms with Crippen molar-refractivity contribution >= 4 is 11.0 Å². The molecule has 1 aliphatic carbocycles. The minimum Gasteiger partial charge on any atom is -0.508 e. The molecule has 0 saturated heterocycles. The van der Waals surface area contributed by atoms with Gasteiger partial charge < -0.3 is 14.8 Å². The summed E-state index contributed by atoms with van der Waals surface area (Å²) < 4.78 is 5.26. The molecule has 0 radical (unpaired) electrons. The van der Waals surface area contributed by atoms with Gasteiger partial charge in [-0.2, -0.15) is 0 Å². The normalized spacial score (nSPS) is 21.7. The minimum atomic E-state index is -0.346. The second kappa shape index (κ2) is 6.75. The highest BCUT2D eigenvalue weighted by molar-refractivity contribution is 5.82. The first-order valence-corrected chi connectivity index (χ1v) is 8.68. The fourth-order valence-corrected chi connectivity index (χ4v) is 3.57. The first-order chi connectivity index (χ1) is 11.1. The molecular weight excluding hydrogens is 290 g/mol. The van der Waals surface area contributed by atoms with Gasteiger partial charge in [0.05, 0.1) is 6.04 Å². The van der Waals surface area contributed by atoms with Crippen LogP contribution in [0.1, 0.15) is 50.7 Å². The van der Waals surface area contributed by atoms with Crippen molar-refractivity contribution in [2.45, 2.75) is 58.5 Å². The first kappa shape index (κ1) is 16.1. The number of phenols is 1. The van der Waals surface area contributed by atoms with Crippen molar-refractivity contribution in [1.82, 2.24) is 0 Å². The van der Waals surface area contributed by atoms with Crippen LogP contribution in [0.3, 0.4) is 0 Å². The van der Waals surface area contributed by atoms with Crippen LogP contribution in [0.25, 0.3) is 11.0 Å². The van der Waals surface area contributed by atoms with Crippen LogP contribution in [0, 0.1) is 5.92 Å². The van der Waals surface area contributed by atoms with E-state index in [-0.39, 0.29) is 11.4 Å². The molecule has 0 unspecified atom stereocenters. The number of quaternary nitrogens is 1. The molecule has 0 amide bonds. The molecule has 2 aromatic rings. The summed E-state index contributed by atoms with van der Waals surface area (Å²) in [7, 11) is 0. The molecule has 1 aromatic carbocycles. The van der Waals surface area contributed by atoms with E-state index in [1.165, 1.54) is 25.7 Å². The second-order valence-corrected chi connectivity index (χ2v) is 6.88. The van der Waals surface area contributed by atoms with Crippen molar-refractivity contribution in [3.8, 4) is 5.75 Å². The number of hydrogen-bond donors (Lipinski definition) is 2. The summed E-state index contributed by atoms with van der Waals surface area (Å²) in [6.07, 6.45) is 5.85. The third-order valence-corrected chi connectivity index (χ3v) is 5.14. The number of hydrogen-bond acceptors (Lipinski definition) is 3. The predicted molar refractivity (Wildman–Crippen MR) is 90.6 cm³/mol. The summed E-state index contributed by atoms with van der Waals surface area (Å²) in [5.74, 6) is 1.05. The summed E-state index contributed by atoms with van der Waals surface area (Å²) in [6, 6.07) is 5.78. The number of aromatic hydroxyl groups is 1. The third kappa shape index (κ3) is 3.58. The van der Waals surface area contributed by atoms with Gasteiger partial charge in [-0.15, -0.1) is 0 Å². The fourth-order valence-electron chi connectivity index (χ4n) is 3.57. The Morgan fingerprint density at radius 3 is 2.61 bits per heavy atom. The Hall–Kier alpha value is -1.81. The molecule has 0 spiro atoms. The Bertz CT molecular complexity index is 742. The molecule has 1 fully saturated rings. The maximum Gasteiger partial charge on any atom is 0.336 e. The summed E-state index contributed by atoms with van der Waals surface area (Å²) in [6.45, 7) is 5.12. The molecule has 1 heterocycles. The average Bonchev–Trinajstić information content (AvgIpc) is 2.53. The van der Waals surface area contributed by atoms with Crippen molar-refractivity contribution in [3.05, 3.63) is 39.7 Å². The monoisotopic (exact) mass is 316 g/mol. The van der Waals surface area contributed by atoms with E-state index in [4.69, 9.17) is 4.42 Å². The van der Waals surface area contributed by atoms with Gasteiger partial charge in [-0.05, 0) is 49.7 Å². The van der Waals surface area contributed by atoms with Crippen LogP contribution in [0.4, 0.5) is 0 Å². The summed E-state index contributed by atoms with van der Waals surface area (Å²) in [4.78, 5) is 11.8. The van der Waals surface area contributed by atoms with E-state index in [2.05, 4.69) is 12.2 Å². The Balaban J connectivity index is 1.85. The van der Waals surface area contributed by atoms with E-state index in [9.17, 15) is 9.90 Å². The molecule has 4 nitrogen and oxygen atoms in total. The summed E-state index contributed by atoms with van der Waals surface area (Å²) in [5.41, 5.74) is 2.03. The van der Waals surface area contributed by atoms with Crippen LogP contribution in [0.5, 0.6) is 5.75 Å². The summed E-state index contributed by atoms with van der Waals surface area (Å²) in [5, 5.41) is 13.3. The lowest BCUT2D eigenvalue weighted by Crippen LogP contribution is -2.88. The molecule has 4 heteroatoms. The molecule has 23 heavy (non-hydrogen) atoms. The van der Waals surface area contributed by atoms with Crippen LogP contribution in [-0.2, 0) is 13.0 Å². The number of phenolic OH excluding ortho intramolecular Hbond substituents is 1. The number of aryl methyl sites for hydroxylation is 1. The Morgan fingerprint density at radius 1 is 1.17 bits per heavy atom. The van der Waals surface area contributed by atoms with Crippen molar-refractivity contribution in [3.63, 3.8) is 0 Å². The van der Waals surface area contributed by atoms with Crippen molar-refractivity contribution < 1.29 is 14.8 Å². The maximum atomic E-state index is 11.8. The van der Waals surface area contributed by atoms with Crippen molar-refractivity contribution in [1.29, 1.82) is 0 Å². The smallest absolute Gasteiger partial charge is 0.336 e. The summed E-state index contributed by atoms with van der Waals surface area (Å²) >= 11 is 0. The molecule has 1 aliphatic rings. The van der Waals surface area contributed by atoms with Gasteiger partial charge in [0.15, 0.2) is 0 Å². The Labute approximate surface area is 136 Å². The molecule has 1 saturated carbocycles. The Kier molecular flexibility index (Phi) is 4.71. The van der Waals surface area contributed by atoms with Gasteiger partial charge in [-0.25, -0.2) is 4.79 Å². The van der Waals surface area contributed by atoms with E-state index < -0.39 is 0 Å². The molecular formula is C19H26NO3+. The van der Waals surface area contributed by atoms with Gasteiger partial charge in [0.25, 0.3) is 0 Å². The highest BCUT2D eigenvalue weighted by atomic mass is 16.4. The molecule has 1 aromatic heterocycles. The lowest BCUT2D eigenvalue weighted by molar-refractivity contribution is -0.707. The number of nitrogens with two attached hydrogens (primary N) is 1. The average molecular weight is 316 g/mol. The van der Waals surface area contributed by atoms with Crippen LogP contribution in [-0.4, -0.2) is 11.1 Å². The quantitative estimate of drug-likeness (QED) is 0.852. The highest BCUT2D eigenvalue weighted by Gasteiger charge is 2.21. The zero-order valence-corrected chi connectivity index (χ0v) is 14.0. The standard InChI is InChI=1S/C19H25NO3/c1-3-13-8-16-14(9-19(22)23-18(16)10-17(13)21)11-20-15-6-4-12(2)5-7-15/h8-10,12,15,20-21H,3-7,11H2,1-2H3/p+1. The van der Waals surface area contributed by atoms with E-state index in [1.54, 1.807) is 12.1 Å². The third-order valence-electron chi connectivity index (χ3n) is 5.14. The van der Waals surface area contributed by atoms with E-state index >= 15 is 0 Å². The van der Waals surface area contributed by atoms with Crippen molar-refractivity contribution in [2.75, 3.05) is 0 Å². The molecule has 0 bridgehead atoms. The molecule has 3 rings (SSSR count). The van der Waals surface area contributed by atoms with Crippen LogP contribution in [0.2, 0.25) is 0 Å².